The van der Waals surface area contributed by atoms with Crippen LogP contribution in [-0.2, 0) is 15.9 Å². The SMILES string of the molecule is CCC([C@@H](C)OC)N1C[C@H](C)OC[C@@H]1Cc1ccc(Cl)cc1. The highest BCUT2D eigenvalue weighted by molar-refractivity contribution is 6.30. The van der Waals surface area contributed by atoms with E-state index >= 15 is 0 Å². The summed E-state index contributed by atoms with van der Waals surface area (Å²) in [5.41, 5.74) is 1.30. The molecule has 1 aliphatic heterocycles. The lowest BCUT2D eigenvalue weighted by Gasteiger charge is -2.45. The molecule has 0 amide bonds. The van der Waals surface area contributed by atoms with Crippen molar-refractivity contribution in [1.29, 1.82) is 0 Å². The average Bonchev–Trinajstić information content (AvgIpc) is 2.52. The molecule has 0 radical (unpaired) electrons. The van der Waals surface area contributed by atoms with Gasteiger partial charge in [0.15, 0.2) is 0 Å². The van der Waals surface area contributed by atoms with Gasteiger partial charge in [0.05, 0.1) is 18.8 Å². The number of methoxy groups -OCH3 is 1. The minimum Gasteiger partial charge on any atom is -0.380 e. The molecular weight excluding hydrogens is 298 g/mol. The number of benzene rings is 1. The highest BCUT2D eigenvalue weighted by Gasteiger charge is 2.34. The molecule has 0 saturated carbocycles. The molecule has 0 aromatic heterocycles. The number of hydrogen-bond donors (Lipinski definition) is 0. The van der Waals surface area contributed by atoms with Crippen molar-refractivity contribution < 1.29 is 9.47 Å². The van der Waals surface area contributed by atoms with Crippen molar-refractivity contribution in [2.75, 3.05) is 20.3 Å². The second kappa shape index (κ2) is 8.30. The average molecular weight is 326 g/mol. The summed E-state index contributed by atoms with van der Waals surface area (Å²) in [6.45, 7) is 8.28. The summed E-state index contributed by atoms with van der Waals surface area (Å²) in [7, 11) is 1.80. The number of ether oxygens (including phenoxy) is 2. The lowest BCUT2D eigenvalue weighted by molar-refractivity contribution is -0.0951. The molecule has 3 nitrogen and oxygen atoms in total. The lowest BCUT2D eigenvalue weighted by Crippen LogP contribution is -2.57. The van der Waals surface area contributed by atoms with Gasteiger partial charge in [-0.05, 0) is 44.4 Å². The Morgan fingerprint density at radius 1 is 1.36 bits per heavy atom. The molecule has 1 aromatic rings. The third kappa shape index (κ3) is 4.45. The van der Waals surface area contributed by atoms with E-state index in [4.69, 9.17) is 21.1 Å². The maximum atomic E-state index is 5.98. The Morgan fingerprint density at radius 2 is 2.05 bits per heavy atom. The first-order chi connectivity index (χ1) is 10.5. The summed E-state index contributed by atoms with van der Waals surface area (Å²) < 4.78 is 11.5. The van der Waals surface area contributed by atoms with E-state index < -0.39 is 0 Å². The zero-order chi connectivity index (χ0) is 16.1. The molecule has 1 fully saturated rings. The Bertz CT molecular complexity index is 451. The summed E-state index contributed by atoms with van der Waals surface area (Å²) in [5, 5.41) is 0.786. The molecule has 1 unspecified atom stereocenters. The van der Waals surface area contributed by atoms with Gasteiger partial charge in [-0.25, -0.2) is 0 Å². The second-order valence-electron chi connectivity index (χ2n) is 6.24. The maximum absolute atomic E-state index is 5.98. The molecule has 0 bridgehead atoms. The van der Waals surface area contributed by atoms with Crippen molar-refractivity contribution in [2.45, 2.75) is 57.9 Å². The zero-order valence-corrected chi connectivity index (χ0v) is 14.8. The second-order valence-corrected chi connectivity index (χ2v) is 6.68. The largest absolute Gasteiger partial charge is 0.380 e. The third-order valence-electron chi connectivity index (χ3n) is 4.65. The predicted molar refractivity (Wildman–Crippen MR) is 91.6 cm³/mol. The minimum absolute atomic E-state index is 0.225. The summed E-state index contributed by atoms with van der Waals surface area (Å²) in [5.74, 6) is 0. The van der Waals surface area contributed by atoms with Gasteiger partial charge in [-0.2, -0.15) is 0 Å². The number of hydrogen-bond acceptors (Lipinski definition) is 3. The number of morpholine rings is 1. The van der Waals surface area contributed by atoms with Crippen LogP contribution in [0.15, 0.2) is 24.3 Å². The van der Waals surface area contributed by atoms with E-state index in [1.54, 1.807) is 7.11 Å². The Balaban J connectivity index is 2.13. The summed E-state index contributed by atoms with van der Waals surface area (Å²) >= 11 is 5.98. The Kier molecular flexibility index (Phi) is 6.69. The van der Waals surface area contributed by atoms with Gasteiger partial charge in [-0.15, -0.1) is 0 Å². The van der Waals surface area contributed by atoms with Crippen molar-refractivity contribution >= 4 is 11.6 Å². The highest BCUT2D eigenvalue weighted by atomic mass is 35.5. The van der Waals surface area contributed by atoms with E-state index in [0.29, 0.717) is 12.1 Å². The fourth-order valence-electron chi connectivity index (χ4n) is 3.34. The molecule has 2 rings (SSSR count). The van der Waals surface area contributed by atoms with E-state index in [1.807, 2.05) is 12.1 Å². The molecule has 1 aromatic carbocycles. The number of halogens is 1. The summed E-state index contributed by atoms with van der Waals surface area (Å²) in [4.78, 5) is 2.58. The van der Waals surface area contributed by atoms with Gasteiger partial charge in [0, 0.05) is 30.8 Å². The van der Waals surface area contributed by atoms with Crippen molar-refractivity contribution in [3.63, 3.8) is 0 Å². The predicted octanol–water partition coefficient (Wildman–Crippen LogP) is 3.79. The first-order valence-corrected chi connectivity index (χ1v) is 8.57. The van der Waals surface area contributed by atoms with Crippen LogP contribution in [0.3, 0.4) is 0 Å². The monoisotopic (exact) mass is 325 g/mol. The zero-order valence-electron chi connectivity index (χ0n) is 14.1. The molecule has 1 saturated heterocycles. The van der Waals surface area contributed by atoms with Gasteiger partial charge in [0.25, 0.3) is 0 Å². The van der Waals surface area contributed by atoms with Crippen LogP contribution in [0.1, 0.15) is 32.8 Å². The molecule has 22 heavy (non-hydrogen) atoms. The maximum Gasteiger partial charge on any atom is 0.0698 e. The van der Waals surface area contributed by atoms with E-state index in [0.717, 1.165) is 31.0 Å². The Morgan fingerprint density at radius 3 is 2.64 bits per heavy atom. The van der Waals surface area contributed by atoms with Crippen LogP contribution in [-0.4, -0.2) is 49.5 Å². The van der Waals surface area contributed by atoms with Crippen LogP contribution >= 0.6 is 11.6 Å². The first kappa shape index (κ1) is 17.7. The van der Waals surface area contributed by atoms with Gasteiger partial charge < -0.3 is 9.47 Å². The topological polar surface area (TPSA) is 21.7 Å². The van der Waals surface area contributed by atoms with Crippen LogP contribution in [0.25, 0.3) is 0 Å². The van der Waals surface area contributed by atoms with Gasteiger partial charge in [-0.1, -0.05) is 30.7 Å². The first-order valence-electron chi connectivity index (χ1n) is 8.19. The molecule has 0 N–H and O–H groups in total. The van der Waals surface area contributed by atoms with Crippen molar-refractivity contribution in [2.24, 2.45) is 0 Å². The van der Waals surface area contributed by atoms with Crippen molar-refractivity contribution in [3.05, 3.63) is 34.9 Å². The molecule has 4 heteroatoms. The molecule has 1 heterocycles. The van der Waals surface area contributed by atoms with E-state index in [1.165, 1.54) is 5.56 Å². The standard InChI is InChI=1S/C18H28ClNO2/c1-5-18(14(3)21-4)20-11-13(2)22-12-17(20)10-15-6-8-16(19)9-7-15/h6-9,13-14,17-18H,5,10-12H2,1-4H3/t13-,14+,17-,18?/m0/s1. The van der Waals surface area contributed by atoms with Crippen LogP contribution in [0.4, 0.5) is 0 Å². The van der Waals surface area contributed by atoms with Crippen molar-refractivity contribution in [1.82, 2.24) is 4.90 Å². The van der Waals surface area contributed by atoms with Crippen molar-refractivity contribution in [3.8, 4) is 0 Å². The lowest BCUT2D eigenvalue weighted by atomic mass is 9.98. The van der Waals surface area contributed by atoms with Crippen LogP contribution in [0.5, 0.6) is 0 Å². The van der Waals surface area contributed by atoms with E-state index in [9.17, 15) is 0 Å². The van der Waals surface area contributed by atoms with E-state index in [2.05, 4.69) is 37.8 Å². The minimum atomic E-state index is 0.225. The van der Waals surface area contributed by atoms with E-state index in [-0.39, 0.29) is 12.2 Å². The fraction of sp³-hybridized carbons (Fsp3) is 0.667. The Hall–Kier alpha value is -0.610. The molecule has 0 spiro atoms. The normalized spacial score (nSPS) is 25.9. The fourth-order valence-corrected chi connectivity index (χ4v) is 3.46. The summed E-state index contributed by atoms with van der Waals surface area (Å²) in [6.07, 6.45) is 2.57. The molecule has 124 valence electrons. The van der Waals surface area contributed by atoms with Crippen LogP contribution in [0.2, 0.25) is 5.02 Å². The van der Waals surface area contributed by atoms with Gasteiger partial charge in [0.2, 0.25) is 0 Å². The smallest absolute Gasteiger partial charge is 0.0698 e. The highest BCUT2D eigenvalue weighted by Crippen LogP contribution is 2.23. The third-order valence-corrected chi connectivity index (χ3v) is 4.90. The molecule has 4 atom stereocenters. The molecular formula is C18H28ClNO2. The van der Waals surface area contributed by atoms with Crippen LogP contribution in [0, 0.1) is 0 Å². The van der Waals surface area contributed by atoms with Crippen LogP contribution < -0.4 is 0 Å². The molecule has 0 aliphatic carbocycles. The quantitative estimate of drug-likeness (QED) is 0.794. The number of rotatable bonds is 6. The Labute approximate surface area is 139 Å². The molecule has 1 aliphatic rings. The number of nitrogens with zero attached hydrogens (tertiary/aromatic N) is 1. The van der Waals surface area contributed by atoms with Gasteiger partial charge >= 0.3 is 0 Å². The van der Waals surface area contributed by atoms with Gasteiger partial charge in [0.1, 0.15) is 0 Å². The summed E-state index contributed by atoms with van der Waals surface area (Å²) in [6, 6.07) is 8.96. The van der Waals surface area contributed by atoms with Gasteiger partial charge in [-0.3, -0.25) is 4.90 Å².